The average Bonchev–Trinajstić information content (AvgIpc) is 3.20. The third-order valence-corrected chi connectivity index (χ3v) is 4.54. The molecule has 1 unspecified atom stereocenters. The van der Waals surface area contributed by atoms with E-state index in [1.807, 2.05) is 42.5 Å². The van der Waals surface area contributed by atoms with Crippen molar-refractivity contribution in [1.29, 1.82) is 0 Å². The number of amides is 1. The molecule has 138 valence electrons. The number of benzene rings is 2. The summed E-state index contributed by atoms with van der Waals surface area (Å²) < 4.78 is 10.8. The molecule has 5 heteroatoms. The lowest BCUT2D eigenvalue weighted by Crippen LogP contribution is -2.40. The standard InChI is InChI=1S/C21H26N2O3/c1-25-19-11-9-18(10-12-19)23(15-17-6-3-2-4-7-17)16-21(24)22-14-20-8-5-13-26-20/h2-4,6-7,9-12,20H,5,8,13-16H2,1H3,(H,22,24). The summed E-state index contributed by atoms with van der Waals surface area (Å²) in [5.74, 6) is 0.809. The number of carbonyl (C=O) groups excluding carboxylic acids is 1. The summed E-state index contributed by atoms with van der Waals surface area (Å²) in [5.41, 5.74) is 2.15. The second kappa shape index (κ2) is 9.25. The Bertz CT molecular complexity index is 682. The van der Waals surface area contributed by atoms with E-state index in [0.717, 1.165) is 36.4 Å². The molecule has 3 rings (SSSR count). The molecule has 0 saturated carbocycles. The van der Waals surface area contributed by atoms with Crippen LogP contribution in [0.4, 0.5) is 5.69 Å². The van der Waals surface area contributed by atoms with E-state index in [9.17, 15) is 4.79 Å². The fourth-order valence-corrected chi connectivity index (χ4v) is 3.10. The molecule has 0 aromatic heterocycles. The first-order valence-electron chi connectivity index (χ1n) is 9.06. The maximum Gasteiger partial charge on any atom is 0.239 e. The van der Waals surface area contributed by atoms with Gasteiger partial charge in [-0.05, 0) is 42.7 Å². The molecule has 1 fully saturated rings. The van der Waals surface area contributed by atoms with E-state index in [1.165, 1.54) is 0 Å². The van der Waals surface area contributed by atoms with Crippen LogP contribution in [0.2, 0.25) is 0 Å². The minimum atomic E-state index is 0.00671. The first-order chi connectivity index (χ1) is 12.7. The number of nitrogens with one attached hydrogen (secondary N) is 1. The summed E-state index contributed by atoms with van der Waals surface area (Å²) in [4.78, 5) is 14.5. The van der Waals surface area contributed by atoms with Gasteiger partial charge >= 0.3 is 0 Å². The second-order valence-corrected chi connectivity index (χ2v) is 6.48. The predicted octanol–water partition coefficient (Wildman–Crippen LogP) is 3.00. The number of anilines is 1. The fraction of sp³-hybridized carbons (Fsp3) is 0.381. The molecule has 0 radical (unpaired) electrons. The Kier molecular flexibility index (Phi) is 6.50. The Hall–Kier alpha value is -2.53. The zero-order chi connectivity index (χ0) is 18.2. The van der Waals surface area contributed by atoms with Gasteiger partial charge in [-0.1, -0.05) is 30.3 Å². The molecule has 1 heterocycles. The number of methoxy groups -OCH3 is 1. The molecule has 5 nitrogen and oxygen atoms in total. The Morgan fingerprint density at radius 3 is 2.62 bits per heavy atom. The molecule has 2 aromatic rings. The number of hydrogen-bond donors (Lipinski definition) is 1. The van der Waals surface area contributed by atoms with Crippen LogP contribution in [0.5, 0.6) is 5.75 Å². The normalized spacial score (nSPS) is 16.3. The minimum Gasteiger partial charge on any atom is -0.497 e. The fourth-order valence-electron chi connectivity index (χ4n) is 3.10. The highest BCUT2D eigenvalue weighted by Crippen LogP contribution is 2.21. The van der Waals surface area contributed by atoms with Gasteiger partial charge < -0.3 is 19.7 Å². The molecule has 0 bridgehead atoms. The Labute approximate surface area is 154 Å². The summed E-state index contributed by atoms with van der Waals surface area (Å²) in [5, 5.41) is 3.00. The van der Waals surface area contributed by atoms with Crippen molar-refractivity contribution in [3.63, 3.8) is 0 Å². The van der Waals surface area contributed by atoms with Gasteiger partial charge in [-0.3, -0.25) is 4.79 Å². The second-order valence-electron chi connectivity index (χ2n) is 6.48. The SMILES string of the molecule is COc1ccc(N(CC(=O)NCC2CCCO2)Cc2ccccc2)cc1. The van der Waals surface area contributed by atoms with Crippen molar-refractivity contribution < 1.29 is 14.3 Å². The van der Waals surface area contributed by atoms with E-state index in [4.69, 9.17) is 9.47 Å². The molecule has 0 aliphatic carbocycles. The summed E-state index contributed by atoms with van der Waals surface area (Å²) in [6, 6.07) is 18.0. The lowest BCUT2D eigenvalue weighted by molar-refractivity contribution is -0.120. The molecule has 1 aliphatic rings. The molecular formula is C21H26N2O3. The lowest BCUT2D eigenvalue weighted by atomic mass is 10.2. The summed E-state index contributed by atoms with van der Waals surface area (Å²) in [6.45, 7) is 2.35. The van der Waals surface area contributed by atoms with Crippen LogP contribution in [0.1, 0.15) is 18.4 Å². The monoisotopic (exact) mass is 354 g/mol. The summed E-state index contributed by atoms with van der Waals surface area (Å²) >= 11 is 0. The van der Waals surface area contributed by atoms with Crippen molar-refractivity contribution in [2.75, 3.05) is 31.7 Å². The lowest BCUT2D eigenvalue weighted by Gasteiger charge is -2.25. The highest BCUT2D eigenvalue weighted by Gasteiger charge is 2.18. The number of nitrogens with zero attached hydrogens (tertiary/aromatic N) is 1. The summed E-state index contributed by atoms with van der Waals surface area (Å²) in [7, 11) is 1.65. The Morgan fingerprint density at radius 2 is 1.96 bits per heavy atom. The molecule has 2 aromatic carbocycles. The van der Waals surface area contributed by atoms with Crippen LogP contribution >= 0.6 is 0 Å². The largest absolute Gasteiger partial charge is 0.497 e. The zero-order valence-corrected chi connectivity index (χ0v) is 15.2. The molecule has 0 spiro atoms. The van der Waals surface area contributed by atoms with Gasteiger partial charge in [0.2, 0.25) is 5.91 Å². The van der Waals surface area contributed by atoms with Gasteiger partial charge in [0.25, 0.3) is 0 Å². The third kappa shape index (κ3) is 5.23. The molecule has 1 saturated heterocycles. The van der Waals surface area contributed by atoms with Gasteiger partial charge in [-0.2, -0.15) is 0 Å². The molecule has 1 atom stereocenters. The van der Waals surface area contributed by atoms with Crippen LogP contribution < -0.4 is 15.0 Å². The molecule has 26 heavy (non-hydrogen) atoms. The van der Waals surface area contributed by atoms with Gasteiger partial charge in [-0.15, -0.1) is 0 Å². The van der Waals surface area contributed by atoms with Crippen LogP contribution in [-0.2, 0) is 16.1 Å². The van der Waals surface area contributed by atoms with Crippen molar-refractivity contribution in [2.45, 2.75) is 25.5 Å². The Balaban J connectivity index is 1.65. The topological polar surface area (TPSA) is 50.8 Å². The van der Waals surface area contributed by atoms with E-state index in [-0.39, 0.29) is 12.0 Å². The van der Waals surface area contributed by atoms with Crippen molar-refractivity contribution in [3.05, 3.63) is 60.2 Å². The maximum atomic E-state index is 12.5. The van der Waals surface area contributed by atoms with E-state index < -0.39 is 0 Å². The van der Waals surface area contributed by atoms with E-state index in [2.05, 4.69) is 22.3 Å². The molecule has 1 N–H and O–H groups in total. The van der Waals surface area contributed by atoms with Crippen LogP contribution in [0.3, 0.4) is 0 Å². The summed E-state index contributed by atoms with van der Waals surface area (Å²) in [6.07, 6.45) is 2.25. The molecule has 1 amide bonds. The third-order valence-electron chi connectivity index (χ3n) is 4.54. The van der Waals surface area contributed by atoms with Crippen LogP contribution in [0.15, 0.2) is 54.6 Å². The highest BCUT2D eigenvalue weighted by molar-refractivity contribution is 5.81. The van der Waals surface area contributed by atoms with Gasteiger partial charge in [-0.25, -0.2) is 0 Å². The van der Waals surface area contributed by atoms with Gasteiger partial charge in [0.1, 0.15) is 5.75 Å². The van der Waals surface area contributed by atoms with E-state index in [0.29, 0.717) is 19.6 Å². The van der Waals surface area contributed by atoms with Gasteiger partial charge in [0.05, 0.1) is 19.8 Å². The maximum absolute atomic E-state index is 12.5. The zero-order valence-electron chi connectivity index (χ0n) is 15.2. The first-order valence-corrected chi connectivity index (χ1v) is 9.06. The van der Waals surface area contributed by atoms with E-state index >= 15 is 0 Å². The van der Waals surface area contributed by atoms with Crippen LogP contribution in [0.25, 0.3) is 0 Å². The molecule has 1 aliphatic heterocycles. The smallest absolute Gasteiger partial charge is 0.239 e. The predicted molar refractivity (Wildman–Crippen MR) is 102 cm³/mol. The van der Waals surface area contributed by atoms with Crippen molar-refractivity contribution in [2.24, 2.45) is 0 Å². The average molecular weight is 354 g/mol. The number of rotatable bonds is 8. The first kappa shape index (κ1) is 18.3. The molecular weight excluding hydrogens is 328 g/mol. The number of ether oxygens (including phenoxy) is 2. The van der Waals surface area contributed by atoms with Gasteiger partial charge in [0.15, 0.2) is 0 Å². The minimum absolute atomic E-state index is 0.00671. The van der Waals surface area contributed by atoms with Crippen molar-refractivity contribution in [3.8, 4) is 5.75 Å². The quantitative estimate of drug-likeness (QED) is 0.792. The van der Waals surface area contributed by atoms with Crippen molar-refractivity contribution >= 4 is 11.6 Å². The van der Waals surface area contributed by atoms with E-state index in [1.54, 1.807) is 7.11 Å². The van der Waals surface area contributed by atoms with Crippen LogP contribution in [-0.4, -0.2) is 38.8 Å². The highest BCUT2D eigenvalue weighted by atomic mass is 16.5. The number of hydrogen-bond acceptors (Lipinski definition) is 4. The van der Waals surface area contributed by atoms with Crippen molar-refractivity contribution in [1.82, 2.24) is 5.32 Å². The number of carbonyl (C=O) groups is 1. The Morgan fingerprint density at radius 1 is 1.19 bits per heavy atom. The van der Waals surface area contributed by atoms with Gasteiger partial charge in [0, 0.05) is 25.4 Å². The van der Waals surface area contributed by atoms with Crippen LogP contribution in [0, 0.1) is 0 Å².